The summed E-state index contributed by atoms with van der Waals surface area (Å²) in [7, 11) is 5.73. The van der Waals surface area contributed by atoms with Gasteiger partial charge in [-0.25, -0.2) is 0 Å². The van der Waals surface area contributed by atoms with E-state index in [1.54, 1.807) is 13.2 Å². The molecule has 5 nitrogen and oxygen atoms in total. The Labute approximate surface area is 170 Å². The Morgan fingerprint density at radius 2 is 1.82 bits per heavy atom. The maximum absolute atomic E-state index is 13.1. The number of aromatic hydroxyl groups is 1. The minimum absolute atomic E-state index is 0.136. The number of methoxy groups -OCH3 is 1. The second-order valence-electron chi connectivity index (χ2n) is 8.52. The number of unbranched alkanes of at least 4 members (excludes halogenated alkanes) is 1. The van der Waals surface area contributed by atoms with Gasteiger partial charge in [0.25, 0.3) is 0 Å². The number of amides is 1. The van der Waals surface area contributed by atoms with Gasteiger partial charge >= 0.3 is 0 Å². The molecule has 0 aliphatic heterocycles. The summed E-state index contributed by atoms with van der Waals surface area (Å²) in [6, 6.07) is 5.74. The predicted molar refractivity (Wildman–Crippen MR) is 114 cm³/mol. The Balaban J connectivity index is 1.95. The van der Waals surface area contributed by atoms with E-state index >= 15 is 0 Å². The second-order valence-corrected chi connectivity index (χ2v) is 8.52. The van der Waals surface area contributed by atoms with Gasteiger partial charge in [-0.15, -0.1) is 0 Å². The molecule has 0 saturated heterocycles. The third kappa shape index (κ3) is 7.01. The van der Waals surface area contributed by atoms with Gasteiger partial charge in [-0.3, -0.25) is 4.79 Å². The molecule has 0 bridgehead atoms. The highest BCUT2D eigenvalue weighted by molar-refractivity contribution is 5.76. The number of aryl methyl sites for hydroxylation is 1. The van der Waals surface area contributed by atoms with Gasteiger partial charge in [-0.1, -0.05) is 13.0 Å². The Hall–Kier alpha value is -1.75. The zero-order valence-corrected chi connectivity index (χ0v) is 18.1. The minimum Gasteiger partial charge on any atom is -0.504 e. The zero-order valence-electron chi connectivity index (χ0n) is 18.1. The van der Waals surface area contributed by atoms with Crippen LogP contribution in [0.25, 0.3) is 0 Å². The molecule has 0 aromatic heterocycles. The van der Waals surface area contributed by atoms with E-state index in [4.69, 9.17) is 4.74 Å². The van der Waals surface area contributed by atoms with Crippen molar-refractivity contribution in [2.45, 2.75) is 64.3 Å². The molecule has 1 fully saturated rings. The first kappa shape index (κ1) is 22.5. The standard InChI is InChI=1S/C23H38N2O3/c1-18-7-11-20(12-8-18)25(16-6-5-15-24(2)3)23(27)14-10-19-9-13-21(26)22(17-19)28-4/h9,13,17-18,20,26H,5-8,10-12,14-16H2,1-4H3/t18-,20-. The van der Waals surface area contributed by atoms with E-state index in [1.807, 2.05) is 12.1 Å². The van der Waals surface area contributed by atoms with Crippen LogP contribution in [0.5, 0.6) is 11.5 Å². The number of benzene rings is 1. The van der Waals surface area contributed by atoms with Crippen LogP contribution in [-0.2, 0) is 11.2 Å². The minimum atomic E-state index is 0.136. The van der Waals surface area contributed by atoms with E-state index < -0.39 is 0 Å². The third-order valence-corrected chi connectivity index (χ3v) is 5.87. The molecule has 1 amide bonds. The molecule has 5 heteroatoms. The first-order chi connectivity index (χ1) is 13.4. The van der Waals surface area contributed by atoms with Crippen molar-refractivity contribution >= 4 is 5.91 Å². The van der Waals surface area contributed by atoms with E-state index in [1.165, 1.54) is 12.8 Å². The molecule has 1 aromatic carbocycles. The Morgan fingerprint density at radius 3 is 2.46 bits per heavy atom. The Kier molecular flexibility index (Phi) is 9.10. The van der Waals surface area contributed by atoms with Crippen molar-refractivity contribution in [1.82, 2.24) is 9.80 Å². The van der Waals surface area contributed by atoms with Gasteiger partial charge in [-0.2, -0.15) is 0 Å². The van der Waals surface area contributed by atoms with Crippen LogP contribution in [-0.4, -0.2) is 61.2 Å². The van der Waals surface area contributed by atoms with Crippen molar-refractivity contribution in [3.8, 4) is 11.5 Å². The van der Waals surface area contributed by atoms with Gasteiger partial charge < -0.3 is 19.6 Å². The number of carbonyl (C=O) groups excluding carboxylic acids is 1. The van der Waals surface area contributed by atoms with E-state index in [0.29, 0.717) is 24.6 Å². The van der Waals surface area contributed by atoms with Gasteiger partial charge in [0.1, 0.15) is 0 Å². The fourth-order valence-electron chi connectivity index (χ4n) is 4.05. The molecule has 0 spiro atoms. The lowest BCUT2D eigenvalue weighted by atomic mass is 9.86. The fraction of sp³-hybridized carbons (Fsp3) is 0.696. The summed E-state index contributed by atoms with van der Waals surface area (Å²) < 4.78 is 5.18. The summed E-state index contributed by atoms with van der Waals surface area (Å²) in [5.74, 6) is 1.64. The van der Waals surface area contributed by atoms with Gasteiger partial charge in [-0.05, 0) is 89.2 Å². The first-order valence-corrected chi connectivity index (χ1v) is 10.7. The second kappa shape index (κ2) is 11.3. The molecule has 0 atom stereocenters. The molecule has 28 heavy (non-hydrogen) atoms. The van der Waals surface area contributed by atoms with E-state index in [2.05, 4.69) is 30.8 Å². The molecule has 1 aliphatic rings. The quantitative estimate of drug-likeness (QED) is 0.612. The van der Waals surface area contributed by atoms with E-state index in [9.17, 15) is 9.90 Å². The van der Waals surface area contributed by atoms with Gasteiger partial charge in [0, 0.05) is 19.0 Å². The number of ether oxygens (including phenoxy) is 1. The lowest BCUT2D eigenvalue weighted by Crippen LogP contribution is -2.43. The number of phenolic OH excluding ortho intramolecular Hbond substituents is 1. The van der Waals surface area contributed by atoms with Crippen LogP contribution in [0.2, 0.25) is 0 Å². The molecule has 1 N–H and O–H groups in total. The monoisotopic (exact) mass is 390 g/mol. The predicted octanol–water partition coefficient (Wildman–Crippen LogP) is 4.08. The summed E-state index contributed by atoms with van der Waals surface area (Å²) in [4.78, 5) is 17.4. The zero-order chi connectivity index (χ0) is 20.5. The molecule has 0 unspecified atom stereocenters. The maximum Gasteiger partial charge on any atom is 0.223 e. The van der Waals surface area contributed by atoms with Crippen molar-refractivity contribution in [1.29, 1.82) is 0 Å². The van der Waals surface area contributed by atoms with Crippen molar-refractivity contribution in [2.75, 3.05) is 34.3 Å². The molecular weight excluding hydrogens is 352 g/mol. The average molecular weight is 391 g/mol. The Bertz CT molecular complexity index is 610. The number of nitrogens with zero attached hydrogens (tertiary/aromatic N) is 2. The molecular formula is C23H38N2O3. The number of hydrogen-bond donors (Lipinski definition) is 1. The number of hydrogen-bond acceptors (Lipinski definition) is 4. The normalized spacial score (nSPS) is 19.6. The van der Waals surface area contributed by atoms with Crippen molar-refractivity contribution in [3.05, 3.63) is 23.8 Å². The highest BCUT2D eigenvalue weighted by Crippen LogP contribution is 2.29. The van der Waals surface area contributed by atoms with Crippen molar-refractivity contribution in [2.24, 2.45) is 5.92 Å². The molecule has 2 rings (SSSR count). The summed E-state index contributed by atoms with van der Waals surface area (Å²) in [5.41, 5.74) is 1.02. The molecule has 1 aliphatic carbocycles. The summed E-state index contributed by atoms with van der Waals surface area (Å²) in [6.45, 7) is 4.25. The van der Waals surface area contributed by atoms with Crippen LogP contribution in [0.15, 0.2) is 18.2 Å². The highest BCUT2D eigenvalue weighted by atomic mass is 16.5. The first-order valence-electron chi connectivity index (χ1n) is 10.7. The van der Waals surface area contributed by atoms with E-state index in [0.717, 1.165) is 50.3 Å². The smallest absolute Gasteiger partial charge is 0.223 e. The molecule has 0 radical (unpaired) electrons. The largest absolute Gasteiger partial charge is 0.504 e. The number of rotatable bonds is 10. The topological polar surface area (TPSA) is 53.0 Å². The van der Waals surface area contributed by atoms with Crippen LogP contribution in [0.1, 0.15) is 57.4 Å². The number of phenols is 1. The number of carbonyl (C=O) groups is 1. The molecule has 1 aromatic rings. The van der Waals surface area contributed by atoms with Crippen LogP contribution in [0, 0.1) is 5.92 Å². The third-order valence-electron chi connectivity index (χ3n) is 5.87. The van der Waals surface area contributed by atoms with Crippen molar-refractivity contribution in [3.63, 3.8) is 0 Å². The van der Waals surface area contributed by atoms with Crippen LogP contribution in [0.4, 0.5) is 0 Å². The van der Waals surface area contributed by atoms with Gasteiger partial charge in [0.05, 0.1) is 7.11 Å². The van der Waals surface area contributed by atoms with Gasteiger partial charge in [0.2, 0.25) is 5.91 Å². The highest BCUT2D eigenvalue weighted by Gasteiger charge is 2.27. The van der Waals surface area contributed by atoms with Crippen LogP contribution >= 0.6 is 0 Å². The van der Waals surface area contributed by atoms with Gasteiger partial charge in [0.15, 0.2) is 11.5 Å². The fourth-order valence-corrected chi connectivity index (χ4v) is 4.05. The molecule has 1 saturated carbocycles. The maximum atomic E-state index is 13.1. The van der Waals surface area contributed by atoms with Crippen LogP contribution < -0.4 is 4.74 Å². The summed E-state index contributed by atoms with van der Waals surface area (Å²) >= 11 is 0. The molecule has 158 valence electrons. The summed E-state index contributed by atoms with van der Waals surface area (Å²) in [5, 5.41) is 9.75. The Morgan fingerprint density at radius 1 is 1.14 bits per heavy atom. The SMILES string of the molecule is COc1cc(CCC(=O)N(CCCCN(C)C)[C@H]2CC[C@H](C)CC2)ccc1O. The molecule has 0 heterocycles. The lowest BCUT2D eigenvalue weighted by Gasteiger charge is -2.36. The van der Waals surface area contributed by atoms with Crippen molar-refractivity contribution < 1.29 is 14.6 Å². The lowest BCUT2D eigenvalue weighted by molar-refractivity contribution is -0.134. The van der Waals surface area contributed by atoms with Crippen LogP contribution in [0.3, 0.4) is 0 Å². The van der Waals surface area contributed by atoms with E-state index in [-0.39, 0.29) is 11.7 Å². The summed E-state index contributed by atoms with van der Waals surface area (Å²) in [6.07, 6.45) is 8.07. The average Bonchev–Trinajstić information content (AvgIpc) is 2.68.